The molecule has 0 bridgehead atoms. The highest BCUT2D eigenvalue weighted by atomic mass is 19.3. The monoisotopic (exact) mass is 525 g/mol. The van der Waals surface area contributed by atoms with E-state index >= 15 is 4.39 Å². The molecule has 2 aromatic carbocycles. The molecule has 1 aromatic heterocycles. The third kappa shape index (κ3) is 4.48. The van der Waals surface area contributed by atoms with Crippen molar-refractivity contribution in [1.29, 1.82) is 0 Å². The molecule has 2 aliphatic rings. The van der Waals surface area contributed by atoms with E-state index in [1.54, 1.807) is 20.8 Å². The fourth-order valence-corrected chi connectivity index (χ4v) is 4.46. The summed E-state index contributed by atoms with van der Waals surface area (Å²) in [5, 5.41) is 19.9. The number of benzene rings is 2. The minimum atomic E-state index is -4.19. The number of aromatic nitrogens is 1. The summed E-state index contributed by atoms with van der Waals surface area (Å²) in [6.45, 7) is 1.46. The van der Waals surface area contributed by atoms with Crippen LogP contribution in [-0.2, 0) is 28.6 Å². The molecular formula is C28H30F3NO5. The highest BCUT2D eigenvalue weighted by Crippen LogP contribution is 2.52. The van der Waals surface area contributed by atoms with Crippen LogP contribution in [0.4, 0.5) is 13.2 Å². The smallest absolute Gasteiger partial charge is 0.395 e. The van der Waals surface area contributed by atoms with Gasteiger partial charge in [-0.05, 0) is 60.6 Å². The standard InChI is InChI=1S/C28H30F3NO5/c1-4-26(2,3)24-10-17-9-16(20(29)13-21(17)32(24)14-19(34)15-33)11-25(35)27(7-8-27)18-5-6-22-23(12-18)37-28(30,31)36-22/h5-6,9-10,12-13,19,33-34H,4,7-8,11,14-15H2,1-3H3/t19-/m1/s1/i5D,6D,9D,10D,12D,13D,15D2. The lowest BCUT2D eigenvalue weighted by molar-refractivity contribution is -0.286. The molecule has 5 rings (SSSR count). The summed E-state index contributed by atoms with van der Waals surface area (Å²) >= 11 is 0. The third-order valence-electron chi connectivity index (χ3n) is 7.11. The van der Waals surface area contributed by atoms with Gasteiger partial charge < -0.3 is 24.3 Å². The summed E-state index contributed by atoms with van der Waals surface area (Å²) in [5.74, 6) is -3.73. The Bertz CT molecular complexity index is 1770. The predicted molar refractivity (Wildman–Crippen MR) is 131 cm³/mol. The highest BCUT2D eigenvalue weighted by Gasteiger charge is 2.52. The number of carbonyl (C=O) groups excluding carboxylic acids is 1. The van der Waals surface area contributed by atoms with Gasteiger partial charge in [-0.15, -0.1) is 8.78 Å². The largest absolute Gasteiger partial charge is 0.586 e. The maximum Gasteiger partial charge on any atom is 0.586 e. The average Bonchev–Trinajstić information content (AvgIpc) is 3.58. The van der Waals surface area contributed by atoms with E-state index < -0.39 is 102 Å². The van der Waals surface area contributed by atoms with Gasteiger partial charge in [0, 0.05) is 22.9 Å². The van der Waals surface area contributed by atoms with Crippen molar-refractivity contribution in [2.24, 2.45) is 0 Å². The predicted octanol–water partition coefficient (Wildman–Crippen LogP) is 4.99. The molecule has 3 aromatic rings. The van der Waals surface area contributed by atoms with Crippen molar-refractivity contribution in [3.63, 3.8) is 0 Å². The summed E-state index contributed by atoms with van der Waals surface area (Å²) < 4.78 is 120. The Morgan fingerprint density at radius 1 is 1.22 bits per heavy atom. The molecule has 198 valence electrons. The number of alkyl halides is 2. The Kier molecular flexibility index (Phi) is 4.14. The van der Waals surface area contributed by atoms with E-state index in [0.717, 1.165) is 4.57 Å². The molecule has 2 heterocycles. The molecule has 0 saturated heterocycles. The molecule has 9 heteroatoms. The van der Waals surface area contributed by atoms with Crippen molar-refractivity contribution in [3.05, 3.63) is 58.9 Å². The van der Waals surface area contributed by atoms with Gasteiger partial charge in [0.05, 0.1) is 41.1 Å². The summed E-state index contributed by atoms with van der Waals surface area (Å²) in [4.78, 5) is 13.8. The van der Waals surface area contributed by atoms with E-state index in [-0.39, 0.29) is 41.0 Å². The number of ether oxygens (including phenoxy) is 2. The van der Waals surface area contributed by atoms with Gasteiger partial charge in [0.15, 0.2) is 11.5 Å². The van der Waals surface area contributed by atoms with Gasteiger partial charge in [0.1, 0.15) is 11.6 Å². The van der Waals surface area contributed by atoms with Gasteiger partial charge in [-0.1, -0.05) is 26.8 Å². The molecule has 1 atom stereocenters. The number of Topliss-reactive ketones (excluding diaryl/α,β-unsaturated/α-hetero) is 1. The number of hydrogen-bond donors (Lipinski definition) is 2. The Morgan fingerprint density at radius 3 is 2.57 bits per heavy atom. The fraction of sp³-hybridized carbons (Fsp3) is 0.464. The normalized spacial score (nSPS) is 21.7. The number of nitrogens with zero attached hydrogens (tertiary/aromatic N) is 1. The fourth-order valence-electron chi connectivity index (χ4n) is 4.46. The first-order valence-corrected chi connectivity index (χ1v) is 11.8. The number of aliphatic hydroxyl groups is 2. The van der Waals surface area contributed by atoms with Crippen LogP contribution in [0.2, 0.25) is 0 Å². The SMILES string of the molecule is [2H]c1c([2H])c(C2(C(=O)Cc3c(F)c([2H])c4c(c3[2H])c([2H])c(C(C)(C)CC)n4C[C@@H](O)C([2H])([2H])O)CC2)c([2H])c2c1OC(F)(F)O2. The van der Waals surface area contributed by atoms with Crippen LogP contribution in [0.5, 0.6) is 11.5 Å². The molecule has 37 heavy (non-hydrogen) atoms. The van der Waals surface area contributed by atoms with Gasteiger partial charge in [0.2, 0.25) is 0 Å². The second-order valence-electron chi connectivity index (χ2n) is 9.99. The average molecular weight is 526 g/mol. The van der Waals surface area contributed by atoms with Crippen molar-refractivity contribution in [3.8, 4) is 11.5 Å². The number of ketones is 1. The minimum absolute atomic E-state index is 0.0277. The molecule has 1 fully saturated rings. The first-order chi connectivity index (χ1) is 20.6. The van der Waals surface area contributed by atoms with E-state index in [4.69, 9.17) is 11.0 Å². The number of hydrogen-bond acceptors (Lipinski definition) is 5. The topological polar surface area (TPSA) is 80.9 Å². The zero-order chi connectivity index (χ0) is 33.8. The maximum atomic E-state index is 16.0. The van der Waals surface area contributed by atoms with E-state index in [1.807, 2.05) is 0 Å². The quantitative estimate of drug-likeness (QED) is 0.412. The zero-order valence-corrected chi connectivity index (χ0v) is 20.3. The molecular weight excluding hydrogens is 487 g/mol. The van der Waals surface area contributed by atoms with Crippen molar-refractivity contribution >= 4 is 16.7 Å². The second kappa shape index (κ2) is 8.77. The Labute approximate surface area is 223 Å². The van der Waals surface area contributed by atoms with Gasteiger partial charge >= 0.3 is 6.29 Å². The lowest BCUT2D eigenvalue weighted by atomic mass is 9.86. The first-order valence-electron chi connectivity index (χ1n) is 15.8. The molecule has 0 amide bonds. The molecule has 6 nitrogen and oxygen atoms in total. The van der Waals surface area contributed by atoms with Crippen LogP contribution in [0, 0.1) is 5.82 Å². The van der Waals surface area contributed by atoms with Crippen LogP contribution in [0.1, 0.15) is 67.8 Å². The van der Waals surface area contributed by atoms with Crippen LogP contribution >= 0.6 is 0 Å². The summed E-state index contributed by atoms with van der Waals surface area (Å²) in [7, 11) is 0. The summed E-state index contributed by atoms with van der Waals surface area (Å²) in [6, 6.07) is -4.06. The molecule has 1 aliphatic heterocycles. The van der Waals surface area contributed by atoms with Crippen LogP contribution in [0.3, 0.4) is 0 Å². The molecule has 2 N–H and O–H groups in total. The minimum Gasteiger partial charge on any atom is -0.395 e. The van der Waals surface area contributed by atoms with Crippen LogP contribution in [0.15, 0.2) is 36.3 Å². The molecule has 0 radical (unpaired) electrons. The lowest BCUT2D eigenvalue weighted by Gasteiger charge is -2.26. The van der Waals surface area contributed by atoms with Crippen LogP contribution in [0.25, 0.3) is 10.9 Å². The summed E-state index contributed by atoms with van der Waals surface area (Å²) in [6.07, 6.45) is -6.61. The first kappa shape index (κ1) is 17.5. The van der Waals surface area contributed by atoms with Gasteiger partial charge in [-0.25, -0.2) is 4.39 Å². The number of fused-ring (bicyclic) bond motifs is 2. The molecule has 1 aliphatic carbocycles. The molecule has 0 unspecified atom stereocenters. The number of halogens is 3. The maximum absolute atomic E-state index is 16.0. The van der Waals surface area contributed by atoms with E-state index in [0.29, 0.717) is 6.42 Å². The van der Waals surface area contributed by atoms with Gasteiger partial charge in [-0.2, -0.15) is 0 Å². The van der Waals surface area contributed by atoms with Crippen molar-refractivity contribution < 1.29 is 48.6 Å². The van der Waals surface area contributed by atoms with E-state index in [2.05, 4.69) is 9.47 Å². The Balaban J connectivity index is 1.65. The van der Waals surface area contributed by atoms with Crippen molar-refractivity contribution in [2.45, 2.75) is 76.2 Å². The highest BCUT2D eigenvalue weighted by molar-refractivity contribution is 5.95. The molecule has 1 saturated carbocycles. The zero-order valence-electron chi connectivity index (χ0n) is 28.3. The van der Waals surface area contributed by atoms with E-state index in [9.17, 15) is 23.8 Å². The van der Waals surface area contributed by atoms with E-state index in [1.165, 1.54) is 0 Å². The lowest BCUT2D eigenvalue weighted by Crippen LogP contribution is -2.26. The Morgan fingerprint density at radius 2 is 1.92 bits per heavy atom. The van der Waals surface area contributed by atoms with Gasteiger partial charge in [0.25, 0.3) is 0 Å². The molecule has 0 spiro atoms. The van der Waals surface area contributed by atoms with Crippen molar-refractivity contribution in [1.82, 2.24) is 4.57 Å². The summed E-state index contributed by atoms with van der Waals surface area (Å²) in [5.41, 5.74) is -3.62. The van der Waals surface area contributed by atoms with Crippen LogP contribution in [-0.4, -0.2) is 39.5 Å². The number of aliphatic hydroxyl groups excluding tert-OH is 1. The number of rotatable bonds is 9. The van der Waals surface area contributed by atoms with Crippen molar-refractivity contribution in [2.75, 3.05) is 6.56 Å². The second-order valence-corrected chi connectivity index (χ2v) is 9.99. The van der Waals surface area contributed by atoms with Crippen LogP contribution < -0.4 is 9.47 Å². The number of carbonyl (C=O) groups is 1. The third-order valence-corrected chi connectivity index (χ3v) is 7.11. The van der Waals surface area contributed by atoms with Gasteiger partial charge in [-0.3, -0.25) is 4.79 Å². The Hall–Kier alpha value is -3.04.